The van der Waals surface area contributed by atoms with Crippen LogP contribution in [0.25, 0.3) is 0 Å². The van der Waals surface area contributed by atoms with Crippen molar-refractivity contribution in [1.29, 1.82) is 0 Å². The lowest BCUT2D eigenvalue weighted by Crippen LogP contribution is -2.08. The van der Waals surface area contributed by atoms with Gasteiger partial charge in [-0.3, -0.25) is 0 Å². The van der Waals surface area contributed by atoms with Crippen LogP contribution in [0.4, 0.5) is 17.5 Å². The zero-order valence-electron chi connectivity index (χ0n) is 12.3. The molecule has 0 radical (unpaired) electrons. The van der Waals surface area contributed by atoms with Gasteiger partial charge in [-0.05, 0) is 24.6 Å². The SMILES string of the molecule is COCCCNc1nccc(Nc2ccc3c(c2)OCO3)n1. The molecule has 0 saturated carbocycles. The second kappa shape index (κ2) is 6.95. The maximum Gasteiger partial charge on any atom is 0.231 e. The van der Waals surface area contributed by atoms with E-state index in [1.54, 1.807) is 13.3 Å². The summed E-state index contributed by atoms with van der Waals surface area (Å²) in [4.78, 5) is 8.60. The number of anilines is 3. The minimum atomic E-state index is 0.266. The van der Waals surface area contributed by atoms with Crippen molar-refractivity contribution >= 4 is 17.5 Å². The standard InChI is InChI=1S/C15H18N4O3/c1-20-8-2-6-16-15-17-7-5-14(19-15)18-11-3-4-12-13(9-11)22-10-21-12/h3-5,7,9H,2,6,8,10H2,1H3,(H2,16,17,18,19). The normalized spacial score (nSPS) is 12.2. The summed E-state index contributed by atoms with van der Waals surface area (Å²) in [5, 5.41) is 6.38. The highest BCUT2D eigenvalue weighted by molar-refractivity contribution is 5.62. The molecule has 1 aliphatic rings. The molecule has 0 atom stereocenters. The van der Waals surface area contributed by atoms with Gasteiger partial charge in [0.1, 0.15) is 5.82 Å². The average Bonchev–Trinajstić information content (AvgIpc) is 3.00. The van der Waals surface area contributed by atoms with Crippen molar-refractivity contribution in [1.82, 2.24) is 9.97 Å². The van der Waals surface area contributed by atoms with Crippen LogP contribution in [0.3, 0.4) is 0 Å². The van der Waals surface area contributed by atoms with E-state index in [9.17, 15) is 0 Å². The number of nitrogens with zero attached hydrogens (tertiary/aromatic N) is 2. The van der Waals surface area contributed by atoms with Gasteiger partial charge in [-0.25, -0.2) is 4.98 Å². The van der Waals surface area contributed by atoms with Crippen molar-refractivity contribution in [2.75, 3.05) is 37.7 Å². The van der Waals surface area contributed by atoms with Gasteiger partial charge in [-0.15, -0.1) is 0 Å². The van der Waals surface area contributed by atoms with E-state index in [0.717, 1.165) is 30.2 Å². The minimum Gasteiger partial charge on any atom is -0.454 e. The molecule has 2 N–H and O–H groups in total. The summed E-state index contributed by atoms with van der Waals surface area (Å²) in [6.45, 7) is 1.74. The van der Waals surface area contributed by atoms with Crippen LogP contribution >= 0.6 is 0 Å². The zero-order chi connectivity index (χ0) is 15.2. The predicted octanol–water partition coefficient (Wildman–Crippen LogP) is 2.40. The van der Waals surface area contributed by atoms with Gasteiger partial charge in [0.15, 0.2) is 11.5 Å². The Labute approximate surface area is 128 Å². The van der Waals surface area contributed by atoms with Gasteiger partial charge in [0.2, 0.25) is 12.7 Å². The van der Waals surface area contributed by atoms with Crippen molar-refractivity contribution in [3.63, 3.8) is 0 Å². The molecule has 7 nitrogen and oxygen atoms in total. The quantitative estimate of drug-likeness (QED) is 0.760. The first-order chi connectivity index (χ1) is 10.8. The monoisotopic (exact) mass is 302 g/mol. The fourth-order valence-electron chi connectivity index (χ4n) is 2.05. The fourth-order valence-corrected chi connectivity index (χ4v) is 2.05. The molecule has 0 unspecified atom stereocenters. The molecule has 1 aliphatic heterocycles. The Morgan fingerprint density at radius 1 is 1.23 bits per heavy atom. The smallest absolute Gasteiger partial charge is 0.231 e. The number of hydrogen-bond acceptors (Lipinski definition) is 7. The first-order valence-electron chi connectivity index (χ1n) is 7.08. The van der Waals surface area contributed by atoms with E-state index in [4.69, 9.17) is 14.2 Å². The van der Waals surface area contributed by atoms with Gasteiger partial charge in [-0.1, -0.05) is 0 Å². The summed E-state index contributed by atoms with van der Waals surface area (Å²) in [5.74, 6) is 2.79. The van der Waals surface area contributed by atoms with E-state index in [2.05, 4.69) is 20.6 Å². The molecule has 2 aromatic rings. The van der Waals surface area contributed by atoms with Crippen LogP contribution in [0.2, 0.25) is 0 Å². The molecule has 3 rings (SSSR count). The molecule has 1 aromatic heterocycles. The number of hydrogen-bond donors (Lipinski definition) is 2. The van der Waals surface area contributed by atoms with Crippen LogP contribution in [-0.2, 0) is 4.74 Å². The fraction of sp³-hybridized carbons (Fsp3) is 0.333. The molecular weight excluding hydrogens is 284 g/mol. The molecule has 22 heavy (non-hydrogen) atoms. The van der Waals surface area contributed by atoms with Gasteiger partial charge >= 0.3 is 0 Å². The number of nitrogens with one attached hydrogen (secondary N) is 2. The predicted molar refractivity (Wildman–Crippen MR) is 82.9 cm³/mol. The van der Waals surface area contributed by atoms with E-state index in [-0.39, 0.29) is 6.79 Å². The molecule has 0 amide bonds. The molecule has 0 fully saturated rings. The minimum absolute atomic E-state index is 0.266. The van der Waals surface area contributed by atoms with Crippen molar-refractivity contribution in [2.24, 2.45) is 0 Å². The Morgan fingerprint density at radius 2 is 2.14 bits per heavy atom. The molecule has 116 valence electrons. The summed E-state index contributed by atoms with van der Waals surface area (Å²) in [7, 11) is 1.69. The van der Waals surface area contributed by atoms with Crippen LogP contribution in [0.1, 0.15) is 6.42 Å². The number of benzene rings is 1. The molecule has 0 aliphatic carbocycles. The Kier molecular flexibility index (Phi) is 4.55. The van der Waals surface area contributed by atoms with Gasteiger partial charge in [0.25, 0.3) is 0 Å². The third kappa shape index (κ3) is 3.56. The van der Waals surface area contributed by atoms with Crippen LogP contribution in [0, 0.1) is 0 Å². The maximum absolute atomic E-state index is 5.36. The lowest BCUT2D eigenvalue weighted by molar-refractivity contribution is 0.174. The molecule has 1 aromatic carbocycles. The maximum atomic E-state index is 5.36. The van der Waals surface area contributed by atoms with Crippen LogP contribution in [0.5, 0.6) is 11.5 Å². The number of ether oxygens (including phenoxy) is 3. The highest BCUT2D eigenvalue weighted by atomic mass is 16.7. The van der Waals surface area contributed by atoms with E-state index in [0.29, 0.717) is 18.4 Å². The van der Waals surface area contributed by atoms with Crippen molar-refractivity contribution in [2.45, 2.75) is 6.42 Å². The highest BCUT2D eigenvalue weighted by Gasteiger charge is 2.13. The van der Waals surface area contributed by atoms with Crippen LogP contribution in [0.15, 0.2) is 30.5 Å². The molecule has 0 spiro atoms. The number of rotatable bonds is 7. The van der Waals surface area contributed by atoms with E-state index < -0.39 is 0 Å². The topological polar surface area (TPSA) is 77.5 Å². The molecular formula is C15H18N4O3. The van der Waals surface area contributed by atoms with Crippen molar-refractivity contribution in [3.8, 4) is 11.5 Å². The lowest BCUT2D eigenvalue weighted by atomic mass is 10.3. The third-order valence-corrected chi connectivity index (χ3v) is 3.11. The Balaban J connectivity index is 1.62. The number of methoxy groups -OCH3 is 1. The van der Waals surface area contributed by atoms with Crippen LogP contribution in [-0.4, -0.2) is 37.0 Å². The van der Waals surface area contributed by atoms with Gasteiger partial charge in [0.05, 0.1) is 0 Å². The van der Waals surface area contributed by atoms with E-state index in [1.165, 1.54) is 0 Å². The van der Waals surface area contributed by atoms with E-state index >= 15 is 0 Å². The summed E-state index contributed by atoms with van der Waals surface area (Å²) in [6, 6.07) is 7.48. The second-order valence-corrected chi connectivity index (χ2v) is 4.73. The van der Waals surface area contributed by atoms with Crippen LogP contribution < -0.4 is 20.1 Å². The Hall–Kier alpha value is -2.54. The number of fused-ring (bicyclic) bond motifs is 1. The van der Waals surface area contributed by atoms with Crippen molar-refractivity contribution < 1.29 is 14.2 Å². The largest absolute Gasteiger partial charge is 0.454 e. The summed E-state index contributed by atoms with van der Waals surface area (Å²) < 4.78 is 15.7. The number of aromatic nitrogens is 2. The summed E-state index contributed by atoms with van der Waals surface area (Å²) >= 11 is 0. The molecule has 2 heterocycles. The second-order valence-electron chi connectivity index (χ2n) is 4.73. The average molecular weight is 302 g/mol. The van der Waals surface area contributed by atoms with E-state index in [1.807, 2.05) is 24.3 Å². The van der Waals surface area contributed by atoms with Gasteiger partial charge in [-0.2, -0.15) is 4.98 Å². The lowest BCUT2D eigenvalue weighted by Gasteiger charge is -2.08. The molecule has 0 saturated heterocycles. The third-order valence-electron chi connectivity index (χ3n) is 3.11. The summed E-state index contributed by atoms with van der Waals surface area (Å²) in [5.41, 5.74) is 0.883. The first-order valence-corrected chi connectivity index (χ1v) is 7.08. The molecule has 0 bridgehead atoms. The Morgan fingerprint density at radius 3 is 3.05 bits per heavy atom. The van der Waals surface area contributed by atoms with Gasteiger partial charge in [0, 0.05) is 38.2 Å². The first kappa shape index (κ1) is 14.4. The summed E-state index contributed by atoms with van der Waals surface area (Å²) in [6.07, 6.45) is 2.61. The molecule has 7 heteroatoms. The zero-order valence-corrected chi connectivity index (χ0v) is 12.3. The van der Waals surface area contributed by atoms with Crippen molar-refractivity contribution in [3.05, 3.63) is 30.5 Å². The van der Waals surface area contributed by atoms with Gasteiger partial charge < -0.3 is 24.8 Å². The Bertz CT molecular complexity index is 636. The highest BCUT2D eigenvalue weighted by Crippen LogP contribution is 2.34.